The van der Waals surface area contributed by atoms with E-state index in [2.05, 4.69) is 49.8 Å². The Morgan fingerprint density at radius 1 is 1.11 bits per heavy atom. The maximum Gasteiger partial charge on any atom is 0.229 e. The minimum Gasteiger partial charge on any atom is -0.376 e. The third kappa shape index (κ3) is 4.82. The highest BCUT2D eigenvalue weighted by atomic mass is 35.5. The van der Waals surface area contributed by atoms with E-state index in [-0.39, 0.29) is 6.10 Å². The zero-order valence-corrected chi connectivity index (χ0v) is 16.2. The first-order valence-electron chi connectivity index (χ1n) is 9.78. The minimum atomic E-state index is 0.231. The lowest BCUT2D eigenvalue weighted by atomic mass is 10.1. The van der Waals surface area contributed by atoms with Crippen molar-refractivity contribution >= 4 is 34.7 Å². The van der Waals surface area contributed by atoms with Gasteiger partial charge >= 0.3 is 0 Å². The summed E-state index contributed by atoms with van der Waals surface area (Å²) in [7, 11) is 0. The van der Waals surface area contributed by atoms with E-state index < -0.39 is 0 Å². The van der Waals surface area contributed by atoms with Crippen LogP contribution in [0.5, 0.6) is 0 Å². The monoisotopic (exact) mass is 387 g/mol. The van der Waals surface area contributed by atoms with Crippen molar-refractivity contribution in [3.8, 4) is 0 Å². The van der Waals surface area contributed by atoms with Gasteiger partial charge in [-0.1, -0.05) is 11.6 Å². The number of benzene rings is 1. The molecule has 3 heterocycles. The molecule has 1 aromatic carbocycles. The molecule has 2 aromatic rings. The fourth-order valence-electron chi connectivity index (χ4n) is 3.60. The van der Waals surface area contributed by atoms with Crippen LogP contribution in [0.15, 0.2) is 30.5 Å². The van der Waals surface area contributed by atoms with Gasteiger partial charge in [-0.15, -0.1) is 0 Å². The average molecular weight is 388 g/mol. The second-order valence-electron chi connectivity index (χ2n) is 7.13. The van der Waals surface area contributed by atoms with Gasteiger partial charge < -0.3 is 20.3 Å². The Morgan fingerprint density at radius 2 is 1.93 bits per heavy atom. The van der Waals surface area contributed by atoms with Crippen LogP contribution < -0.4 is 15.5 Å². The van der Waals surface area contributed by atoms with Gasteiger partial charge in [-0.3, -0.25) is 0 Å². The molecule has 27 heavy (non-hydrogen) atoms. The van der Waals surface area contributed by atoms with Gasteiger partial charge in [0.1, 0.15) is 5.02 Å². The molecule has 6 nitrogen and oxygen atoms in total. The summed E-state index contributed by atoms with van der Waals surface area (Å²) in [5.74, 6) is 1.16. The molecule has 0 saturated carbocycles. The number of hydrogen-bond acceptors (Lipinski definition) is 6. The first kappa shape index (κ1) is 18.3. The van der Waals surface area contributed by atoms with E-state index in [1.54, 1.807) is 6.20 Å². The molecule has 2 fully saturated rings. The SMILES string of the molecule is Clc1cnc(Nc2ccc(N3CCCCC3)cc2)nc1NC[C@@H]1CCCO1. The summed E-state index contributed by atoms with van der Waals surface area (Å²) in [4.78, 5) is 11.2. The van der Waals surface area contributed by atoms with Crippen LogP contribution in [-0.4, -0.2) is 42.3 Å². The zero-order valence-electron chi connectivity index (χ0n) is 15.5. The van der Waals surface area contributed by atoms with E-state index in [0.717, 1.165) is 38.2 Å². The number of rotatable bonds is 6. The van der Waals surface area contributed by atoms with E-state index in [1.807, 2.05) is 0 Å². The Labute approximate surface area is 165 Å². The number of nitrogens with zero attached hydrogens (tertiary/aromatic N) is 3. The molecule has 1 atom stereocenters. The summed E-state index contributed by atoms with van der Waals surface area (Å²) in [5, 5.41) is 7.05. The molecule has 7 heteroatoms. The van der Waals surface area contributed by atoms with Crippen LogP contribution in [-0.2, 0) is 4.74 Å². The van der Waals surface area contributed by atoms with Crippen LogP contribution in [0.2, 0.25) is 5.02 Å². The minimum absolute atomic E-state index is 0.231. The van der Waals surface area contributed by atoms with Crippen molar-refractivity contribution < 1.29 is 4.74 Å². The number of anilines is 4. The molecule has 2 aliphatic heterocycles. The number of halogens is 1. The van der Waals surface area contributed by atoms with Crippen molar-refractivity contribution in [2.24, 2.45) is 0 Å². The van der Waals surface area contributed by atoms with Gasteiger partial charge in [-0.2, -0.15) is 4.98 Å². The molecule has 2 aliphatic rings. The topological polar surface area (TPSA) is 62.3 Å². The molecule has 1 aromatic heterocycles. The second kappa shape index (κ2) is 8.76. The van der Waals surface area contributed by atoms with Gasteiger partial charge in [0, 0.05) is 37.6 Å². The zero-order chi connectivity index (χ0) is 18.5. The van der Waals surface area contributed by atoms with Gasteiger partial charge in [0.25, 0.3) is 0 Å². The standard InChI is InChI=1S/C20H26ClN5O/c21-18-14-23-20(25-19(18)22-13-17-5-4-12-27-17)24-15-6-8-16(9-7-15)26-10-2-1-3-11-26/h6-9,14,17H,1-5,10-13H2,(H2,22,23,24,25)/t17-/m0/s1. The van der Waals surface area contributed by atoms with Crippen LogP contribution in [0.4, 0.5) is 23.1 Å². The quantitative estimate of drug-likeness (QED) is 0.763. The maximum absolute atomic E-state index is 6.23. The Balaban J connectivity index is 1.38. The summed E-state index contributed by atoms with van der Waals surface area (Å²) in [6.45, 7) is 3.84. The van der Waals surface area contributed by atoms with Crippen LogP contribution in [0, 0.1) is 0 Å². The summed E-state index contributed by atoms with van der Waals surface area (Å²) >= 11 is 6.23. The van der Waals surface area contributed by atoms with Crippen molar-refractivity contribution in [1.29, 1.82) is 0 Å². The van der Waals surface area contributed by atoms with Crippen molar-refractivity contribution in [1.82, 2.24) is 9.97 Å². The number of ether oxygens (including phenoxy) is 1. The molecule has 0 bridgehead atoms. The van der Waals surface area contributed by atoms with Crippen LogP contribution >= 0.6 is 11.6 Å². The van der Waals surface area contributed by atoms with E-state index in [0.29, 0.717) is 23.3 Å². The predicted molar refractivity (Wildman–Crippen MR) is 110 cm³/mol. The molecule has 0 spiro atoms. The Hall–Kier alpha value is -2.05. The molecule has 2 saturated heterocycles. The predicted octanol–water partition coefficient (Wildman–Crippen LogP) is 4.45. The fourth-order valence-corrected chi connectivity index (χ4v) is 3.76. The molecule has 2 N–H and O–H groups in total. The van der Waals surface area contributed by atoms with Gasteiger partial charge in [0.15, 0.2) is 5.82 Å². The van der Waals surface area contributed by atoms with Gasteiger partial charge in [0.2, 0.25) is 5.95 Å². The summed E-state index contributed by atoms with van der Waals surface area (Å²) in [6.07, 6.45) is 7.94. The van der Waals surface area contributed by atoms with Crippen LogP contribution in [0.1, 0.15) is 32.1 Å². The Bertz CT molecular complexity index is 743. The molecule has 0 unspecified atom stereocenters. The summed E-state index contributed by atoms with van der Waals surface area (Å²) < 4.78 is 5.63. The molecular weight excluding hydrogens is 362 g/mol. The number of piperidine rings is 1. The highest BCUT2D eigenvalue weighted by Crippen LogP contribution is 2.25. The van der Waals surface area contributed by atoms with Crippen molar-refractivity contribution in [3.63, 3.8) is 0 Å². The third-order valence-electron chi connectivity index (χ3n) is 5.11. The Kier molecular flexibility index (Phi) is 5.94. The molecule has 0 aliphatic carbocycles. The lowest BCUT2D eigenvalue weighted by molar-refractivity contribution is 0.120. The fraction of sp³-hybridized carbons (Fsp3) is 0.500. The molecule has 144 valence electrons. The van der Waals surface area contributed by atoms with Crippen LogP contribution in [0.25, 0.3) is 0 Å². The molecule has 4 rings (SSSR count). The second-order valence-corrected chi connectivity index (χ2v) is 7.53. The van der Waals surface area contributed by atoms with Crippen molar-refractivity contribution in [3.05, 3.63) is 35.5 Å². The summed E-state index contributed by atoms with van der Waals surface area (Å²) in [5.41, 5.74) is 2.24. The molecule has 0 radical (unpaired) electrons. The van der Waals surface area contributed by atoms with E-state index in [1.165, 1.54) is 24.9 Å². The van der Waals surface area contributed by atoms with Crippen molar-refractivity contribution in [2.45, 2.75) is 38.2 Å². The highest BCUT2D eigenvalue weighted by molar-refractivity contribution is 6.32. The first-order chi connectivity index (χ1) is 13.3. The van der Waals surface area contributed by atoms with Gasteiger partial charge in [-0.05, 0) is 56.4 Å². The Morgan fingerprint density at radius 3 is 2.67 bits per heavy atom. The van der Waals surface area contributed by atoms with Gasteiger partial charge in [-0.25, -0.2) is 4.98 Å². The number of aromatic nitrogens is 2. The number of nitrogens with one attached hydrogen (secondary N) is 2. The van der Waals surface area contributed by atoms with Crippen LogP contribution in [0.3, 0.4) is 0 Å². The summed E-state index contributed by atoms with van der Waals surface area (Å²) in [6, 6.07) is 8.45. The largest absolute Gasteiger partial charge is 0.376 e. The van der Waals surface area contributed by atoms with Crippen molar-refractivity contribution in [2.75, 3.05) is 41.8 Å². The maximum atomic E-state index is 6.23. The molecular formula is C20H26ClN5O. The third-order valence-corrected chi connectivity index (χ3v) is 5.39. The smallest absolute Gasteiger partial charge is 0.229 e. The lowest BCUT2D eigenvalue weighted by Crippen LogP contribution is -2.29. The average Bonchev–Trinajstić information content (AvgIpc) is 3.23. The first-order valence-corrected chi connectivity index (χ1v) is 10.2. The highest BCUT2D eigenvalue weighted by Gasteiger charge is 2.16. The normalized spacial score (nSPS) is 19.9. The number of hydrogen-bond donors (Lipinski definition) is 2. The van der Waals surface area contributed by atoms with E-state index in [4.69, 9.17) is 16.3 Å². The van der Waals surface area contributed by atoms with E-state index in [9.17, 15) is 0 Å². The lowest BCUT2D eigenvalue weighted by Gasteiger charge is -2.28. The van der Waals surface area contributed by atoms with Gasteiger partial charge in [0.05, 0.1) is 12.3 Å². The molecule has 0 amide bonds. The van der Waals surface area contributed by atoms with E-state index >= 15 is 0 Å².